The van der Waals surface area contributed by atoms with Gasteiger partial charge in [-0.1, -0.05) is 35.9 Å². The number of hydrogen-bond acceptors (Lipinski definition) is 2. The summed E-state index contributed by atoms with van der Waals surface area (Å²) < 4.78 is 0. The number of rotatable bonds is 2. The minimum atomic E-state index is -0.593. The zero-order valence-electron chi connectivity index (χ0n) is 11.1. The van der Waals surface area contributed by atoms with Crippen LogP contribution in [0, 0.1) is 20.8 Å². The van der Waals surface area contributed by atoms with Crippen LogP contribution in [0.1, 0.15) is 33.9 Å². The van der Waals surface area contributed by atoms with Crippen molar-refractivity contribution in [2.24, 2.45) is 0 Å². The van der Waals surface area contributed by atoms with Gasteiger partial charge in [0.1, 0.15) is 6.10 Å². The molecule has 18 heavy (non-hydrogen) atoms. The number of nitrogens with two attached hydrogens (primary N) is 1. The van der Waals surface area contributed by atoms with Crippen molar-refractivity contribution in [3.8, 4) is 0 Å². The van der Waals surface area contributed by atoms with Crippen LogP contribution < -0.4 is 5.73 Å². The van der Waals surface area contributed by atoms with Crippen LogP contribution in [0.15, 0.2) is 36.4 Å². The standard InChI is InChI=1S/C16H19NO/c1-10-4-5-11(2)14(8-10)16(18)13-6-7-15(17)12(3)9-13/h4-9,16,18H,17H2,1-3H3/t16-/m0/s1. The molecule has 2 aromatic rings. The van der Waals surface area contributed by atoms with Gasteiger partial charge in [-0.15, -0.1) is 0 Å². The number of benzene rings is 2. The van der Waals surface area contributed by atoms with Crippen molar-refractivity contribution in [3.05, 3.63) is 64.2 Å². The van der Waals surface area contributed by atoms with Crippen LogP contribution in [0.3, 0.4) is 0 Å². The third kappa shape index (κ3) is 2.39. The Kier molecular flexibility index (Phi) is 3.39. The summed E-state index contributed by atoms with van der Waals surface area (Å²) in [5, 5.41) is 10.5. The lowest BCUT2D eigenvalue weighted by Crippen LogP contribution is -2.03. The van der Waals surface area contributed by atoms with Crippen LogP contribution >= 0.6 is 0 Å². The first kappa shape index (κ1) is 12.7. The molecule has 0 aromatic heterocycles. The van der Waals surface area contributed by atoms with Crippen molar-refractivity contribution >= 4 is 5.69 Å². The van der Waals surface area contributed by atoms with Crippen molar-refractivity contribution in [2.45, 2.75) is 26.9 Å². The maximum atomic E-state index is 10.5. The summed E-state index contributed by atoms with van der Waals surface area (Å²) in [4.78, 5) is 0. The lowest BCUT2D eigenvalue weighted by molar-refractivity contribution is 0.219. The summed E-state index contributed by atoms with van der Waals surface area (Å²) in [6, 6.07) is 11.8. The third-order valence-corrected chi connectivity index (χ3v) is 3.34. The van der Waals surface area contributed by atoms with Gasteiger partial charge in [0.15, 0.2) is 0 Å². The monoisotopic (exact) mass is 241 g/mol. The van der Waals surface area contributed by atoms with Gasteiger partial charge >= 0.3 is 0 Å². The highest BCUT2D eigenvalue weighted by molar-refractivity contribution is 5.49. The van der Waals surface area contributed by atoms with Gasteiger partial charge in [-0.2, -0.15) is 0 Å². The Morgan fingerprint density at radius 2 is 1.67 bits per heavy atom. The Hall–Kier alpha value is -1.80. The number of hydrogen-bond donors (Lipinski definition) is 2. The fraction of sp³-hybridized carbons (Fsp3) is 0.250. The summed E-state index contributed by atoms with van der Waals surface area (Å²) >= 11 is 0. The van der Waals surface area contributed by atoms with Gasteiger partial charge in [-0.05, 0) is 49.1 Å². The molecule has 1 atom stereocenters. The molecule has 0 radical (unpaired) electrons. The van der Waals surface area contributed by atoms with Gasteiger partial charge in [0.05, 0.1) is 0 Å². The van der Waals surface area contributed by atoms with Gasteiger partial charge in [0, 0.05) is 5.69 Å². The smallest absolute Gasteiger partial charge is 0.104 e. The zero-order chi connectivity index (χ0) is 13.3. The van der Waals surface area contributed by atoms with Crippen LogP contribution in [0.4, 0.5) is 5.69 Å². The molecule has 0 saturated heterocycles. The molecule has 0 unspecified atom stereocenters. The third-order valence-electron chi connectivity index (χ3n) is 3.34. The van der Waals surface area contributed by atoms with Crippen molar-refractivity contribution in [1.29, 1.82) is 0 Å². The van der Waals surface area contributed by atoms with Gasteiger partial charge < -0.3 is 10.8 Å². The van der Waals surface area contributed by atoms with Gasteiger partial charge in [0.2, 0.25) is 0 Å². The maximum Gasteiger partial charge on any atom is 0.104 e. The molecule has 2 nitrogen and oxygen atoms in total. The summed E-state index contributed by atoms with van der Waals surface area (Å²) in [7, 11) is 0. The second kappa shape index (κ2) is 4.83. The molecule has 94 valence electrons. The van der Waals surface area contributed by atoms with E-state index in [-0.39, 0.29) is 0 Å². The van der Waals surface area contributed by atoms with E-state index >= 15 is 0 Å². The minimum absolute atomic E-state index is 0.593. The first-order chi connectivity index (χ1) is 8.49. The number of aliphatic hydroxyl groups is 1. The van der Waals surface area contributed by atoms with E-state index in [0.29, 0.717) is 0 Å². The SMILES string of the molecule is Cc1ccc(C)c([C@@H](O)c2ccc(N)c(C)c2)c1. The minimum Gasteiger partial charge on any atom is -0.399 e. The van der Waals surface area contributed by atoms with E-state index in [2.05, 4.69) is 6.07 Å². The van der Waals surface area contributed by atoms with Crippen molar-refractivity contribution in [3.63, 3.8) is 0 Å². The normalized spacial score (nSPS) is 12.4. The Morgan fingerprint density at radius 3 is 2.33 bits per heavy atom. The number of anilines is 1. The highest BCUT2D eigenvalue weighted by atomic mass is 16.3. The molecular weight excluding hydrogens is 222 g/mol. The average Bonchev–Trinajstić information content (AvgIpc) is 2.35. The molecule has 2 aromatic carbocycles. The van der Waals surface area contributed by atoms with E-state index in [1.165, 1.54) is 0 Å². The van der Waals surface area contributed by atoms with E-state index in [4.69, 9.17) is 5.73 Å². The number of nitrogen functional groups attached to an aromatic ring is 1. The van der Waals surface area contributed by atoms with Crippen LogP contribution in [0.5, 0.6) is 0 Å². The molecule has 0 amide bonds. The fourth-order valence-electron chi connectivity index (χ4n) is 2.10. The second-order valence-corrected chi connectivity index (χ2v) is 4.88. The molecule has 0 heterocycles. The maximum absolute atomic E-state index is 10.5. The van der Waals surface area contributed by atoms with Crippen LogP contribution in [-0.4, -0.2) is 5.11 Å². The lowest BCUT2D eigenvalue weighted by atomic mass is 9.95. The highest BCUT2D eigenvalue weighted by Gasteiger charge is 2.13. The Morgan fingerprint density at radius 1 is 0.944 bits per heavy atom. The average molecular weight is 241 g/mol. The predicted octanol–water partition coefficient (Wildman–Crippen LogP) is 3.28. The fourth-order valence-corrected chi connectivity index (χ4v) is 2.10. The topological polar surface area (TPSA) is 46.2 Å². The second-order valence-electron chi connectivity index (χ2n) is 4.88. The van der Waals surface area contributed by atoms with Crippen molar-refractivity contribution in [1.82, 2.24) is 0 Å². The Bertz CT molecular complexity index is 575. The van der Waals surface area contributed by atoms with Crippen molar-refractivity contribution < 1.29 is 5.11 Å². The van der Waals surface area contributed by atoms with Gasteiger partial charge in [-0.3, -0.25) is 0 Å². The van der Waals surface area contributed by atoms with Crippen LogP contribution in [-0.2, 0) is 0 Å². The number of aryl methyl sites for hydroxylation is 3. The van der Waals surface area contributed by atoms with E-state index in [0.717, 1.165) is 33.5 Å². The molecule has 0 aliphatic carbocycles. The molecule has 0 aliphatic heterocycles. The van der Waals surface area contributed by atoms with Gasteiger partial charge in [0.25, 0.3) is 0 Å². The lowest BCUT2D eigenvalue weighted by Gasteiger charge is -2.16. The molecule has 3 N–H and O–H groups in total. The zero-order valence-corrected chi connectivity index (χ0v) is 11.1. The molecular formula is C16H19NO. The summed E-state index contributed by atoms with van der Waals surface area (Å²) in [6.45, 7) is 6.00. The Labute approximate surface area is 108 Å². The first-order valence-corrected chi connectivity index (χ1v) is 6.10. The van der Waals surface area contributed by atoms with E-state index < -0.39 is 6.10 Å². The van der Waals surface area contributed by atoms with E-state index in [9.17, 15) is 5.11 Å². The van der Waals surface area contributed by atoms with Gasteiger partial charge in [-0.25, -0.2) is 0 Å². The van der Waals surface area contributed by atoms with Crippen LogP contribution in [0.2, 0.25) is 0 Å². The molecule has 0 bridgehead atoms. The summed E-state index contributed by atoms with van der Waals surface area (Å²) in [5.41, 5.74) is 11.6. The highest BCUT2D eigenvalue weighted by Crippen LogP contribution is 2.27. The van der Waals surface area contributed by atoms with Crippen molar-refractivity contribution in [2.75, 3.05) is 5.73 Å². The predicted molar refractivity (Wildman–Crippen MR) is 75.6 cm³/mol. The van der Waals surface area contributed by atoms with E-state index in [1.54, 1.807) is 0 Å². The van der Waals surface area contributed by atoms with Crippen LogP contribution in [0.25, 0.3) is 0 Å². The largest absolute Gasteiger partial charge is 0.399 e. The molecule has 0 spiro atoms. The number of aliphatic hydroxyl groups excluding tert-OH is 1. The molecule has 0 saturated carbocycles. The Balaban J connectivity index is 2.44. The first-order valence-electron chi connectivity index (χ1n) is 6.10. The summed E-state index contributed by atoms with van der Waals surface area (Å²) in [6.07, 6.45) is -0.593. The molecule has 2 rings (SSSR count). The molecule has 2 heteroatoms. The summed E-state index contributed by atoms with van der Waals surface area (Å²) in [5.74, 6) is 0. The molecule has 0 fully saturated rings. The molecule has 0 aliphatic rings. The van der Waals surface area contributed by atoms with E-state index in [1.807, 2.05) is 51.1 Å². The quantitative estimate of drug-likeness (QED) is 0.793.